The van der Waals surface area contributed by atoms with E-state index in [4.69, 9.17) is 0 Å². The third-order valence-corrected chi connectivity index (χ3v) is 3.64. The number of aliphatic carboxylic acids is 1. The fourth-order valence-corrected chi connectivity index (χ4v) is 2.18. The first-order chi connectivity index (χ1) is 9.50. The summed E-state index contributed by atoms with van der Waals surface area (Å²) in [5.74, 6) is -0.875. The molecule has 0 saturated carbocycles. The number of carbonyl (C=O) groups is 1. The summed E-state index contributed by atoms with van der Waals surface area (Å²) in [4.78, 5) is 11.5. The number of hydrogen-bond acceptors (Lipinski definition) is 3. The predicted octanol–water partition coefficient (Wildman–Crippen LogP) is 2.25. The molecule has 3 N–H and O–H groups in total. The first-order valence-electron chi connectivity index (χ1n) is 6.52. The van der Waals surface area contributed by atoms with Crippen molar-refractivity contribution in [3.8, 4) is 0 Å². The standard InChI is InChI=1S/C15H19N3O2/c1-9-5-4-6-13(10(9)2)14(15(19)20)16-7-12-8-17-18-11(12)3/h4-6,8,14,16H,7H2,1-3H3,(H,17,18)(H,19,20). The summed E-state index contributed by atoms with van der Waals surface area (Å²) >= 11 is 0. The van der Waals surface area contributed by atoms with Crippen molar-refractivity contribution >= 4 is 5.97 Å². The molecule has 1 aromatic heterocycles. The topological polar surface area (TPSA) is 78.0 Å². The lowest BCUT2D eigenvalue weighted by atomic mass is 9.97. The summed E-state index contributed by atoms with van der Waals surface area (Å²) in [6, 6.07) is 5.01. The third-order valence-electron chi connectivity index (χ3n) is 3.64. The van der Waals surface area contributed by atoms with E-state index in [2.05, 4.69) is 15.5 Å². The Balaban J connectivity index is 2.22. The van der Waals surface area contributed by atoms with Crippen LogP contribution in [0, 0.1) is 20.8 Å². The van der Waals surface area contributed by atoms with Crippen LogP contribution in [0.25, 0.3) is 0 Å². The fourth-order valence-electron chi connectivity index (χ4n) is 2.18. The molecule has 0 fully saturated rings. The molecule has 5 heteroatoms. The number of aromatic amines is 1. The number of benzene rings is 1. The molecule has 1 unspecified atom stereocenters. The predicted molar refractivity (Wildman–Crippen MR) is 76.5 cm³/mol. The number of aryl methyl sites for hydroxylation is 2. The van der Waals surface area contributed by atoms with Gasteiger partial charge in [-0.1, -0.05) is 18.2 Å². The highest BCUT2D eigenvalue weighted by Gasteiger charge is 2.21. The lowest BCUT2D eigenvalue weighted by Crippen LogP contribution is -2.29. The van der Waals surface area contributed by atoms with Gasteiger partial charge < -0.3 is 5.11 Å². The second-order valence-electron chi connectivity index (χ2n) is 4.96. The number of carboxylic acid groups (broad SMARTS) is 1. The number of aromatic nitrogens is 2. The Bertz CT molecular complexity index is 619. The van der Waals surface area contributed by atoms with E-state index in [-0.39, 0.29) is 0 Å². The van der Waals surface area contributed by atoms with Gasteiger partial charge in [-0.3, -0.25) is 15.2 Å². The van der Waals surface area contributed by atoms with Crippen molar-refractivity contribution in [3.63, 3.8) is 0 Å². The van der Waals surface area contributed by atoms with Gasteiger partial charge in [-0.2, -0.15) is 5.10 Å². The number of nitrogens with zero attached hydrogens (tertiary/aromatic N) is 1. The lowest BCUT2D eigenvalue weighted by Gasteiger charge is -2.18. The molecule has 0 aliphatic heterocycles. The van der Waals surface area contributed by atoms with Crippen molar-refractivity contribution in [2.24, 2.45) is 0 Å². The molecule has 5 nitrogen and oxygen atoms in total. The normalized spacial score (nSPS) is 12.3. The quantitative estimate of drug-likeness (QED) is 0.780. The zero-order chi connectivity index (χ0) is 14.7. The van der Waals surface area contributed by atoms with Crippen molar-refractivity contribution in [2.75, 3.05) is 0 Å². The first kappa shape index (κ1) is 14.3. The van der Waals surface area contributed by atoms with Crippen LogP contribution in [0.2, 0.25) is 0 Å². The number of nitrogens with one attached hydrogen (secondary N) is 2. The number of carboxylic acids is 1. The Morgan fingerprint density at radius 1 is 1.40 bits per heavy atom. The first-order valence-corrected chi connectivity index (χ1v) is 6.52. The fraction of sp³-hybridized carbons (Fsp3) is 0.333. The Labute approximate surface area is 118 Å². The van der Waals surface area contributed by atoms with Gasteiger partial charge in [-0.05, 0) is 37.5 Å². The number of hydrogen-bond donors (Lipinski definition) is 3. The van der Waals surface area contributed by atoms with Crippen LogP contribution < -0.4 is 5.32 Å². The minimum Gasteiger partial charge on any atom is -0.480 e. The second kappa shape index (κ2) is 5.88. The highest BCUT2D eigenvalue weighted by molar-refractivity contribution is 5.76. The molecule has 1 heterocycles. The van der Waals surface area contributed by atoms with Crippen LogP contribution in [-0.2, 0) is 11.3 Å². The van der Waals surface area contributed by atoms with E-state index in [0.29, 0.717) is 6.54 Å². The van der Waals surface area contributed by atoms with E-state index in [1.54, 1.807) is 6.20 Å². The van der Waals surface area contributed by atoms with Crippen molar-refractivity contribution in [3.05, 3.63) is 52.3 Å². The third kappa shape index (κ3) is 2.88. The summed E-state index contributed by atoms with van der Waals surface area (Å²) in [6.45, 7) is 6.31. The minimum absolute atomic E-state index is 0.465. The smallest absolute Gasteiger partial charge is 0.325 e. The molecule has 0 aliphatic carbocycles. The van der Waals surface area contributed by atoms with Crippen molar-refractivity contribution in [2.45, 2.75) is 33.4 Å². The lowest BCUT2D eigenvalue weighted by molar-refractivity contribution is -0.139. The Kier molecular flexibility index (Phi) is 4.20. The van der Waals surface area contributed by atoms with Crippen LogP contribution in [0.1, 0.15) is 34.0 Å². The molecule has 0 amide bonds. The van der Waals surface area contributed by atoms with E-state index in [9.17, 15) is 9.90 Å². The molecule has 1 aromatic carbocycles. The molecule has 1 atom stereocenters. The maximum atomic E-state index is 11.5. The molecule has 0 spiro atoms. The van der Waals surface area contributed by atoms with Gasteiger partial charge in [0.1, 0.15) is 6.04 Å². The molecule has 106 valence electrons. The molecule has 0 saturated heterocycles. The van der Waals surface area contributed by atoms with Gasteiger partial charge in [0, 0.05) is 17.8 Å². The van der Waals surface area contributed by atoms with Crippen LogP contribution in [0.15, 0.2) is 24.4 Å². The average Bonchev–Trinajstić information content (AvgIpc) is 2.80. The molecule has 0 radical (unpaired) electrons. The largest absolute Gasteiger partial charge is 0.480 e. The molecular weight excluding hydrogens is 254 g/mol. The van der Waals surface area contributed by atoms with E-state index >= 15 is 0 Å². The molecular formula is C15H19N3O2. The van der Waals surface area contributed by atoms with E-state index in [1.165, 1.54) is 0 Å². The van der Waals surface area contributed by atoms with Crippen LogP contribution in [0.4, 0.5) is 0 Å². The van der Waals surface area contributed by atoms with Gasteiger partial charge in [-0.25, -0.2) is 0 Å². The van der Waals surface area contributed by atoms with Gasteiger partial charge >= 0.3 is 5.97 Å². The van der Waals surface area contributed by atoms with Crippen LogP contribution in [0.3, 0.4) is 0 Å². The van der Waals surface area contributed by atoms with Crippen LogP contribution >= 0.6 is 0 Å². The van der Waals surface area contributed by atoms with Crippen LogP contribution in [-0.4, -0.2) is 21.3 Å². The van der Waals surface area contributed by atoms with Gasteiger partial charge in [-0.15, -0.1) is 0 Å². The van der Waals surface area contributed by atoms with Crippen molar-refractivity contribution in [1.29, 1.82) is 0 Å². The highest BCUT2D eigenvalue weighted by Crippen LogP contribution is 2.21. The van der Waals surface area contributed by atoms with Crippen molar-refractivity contribution < 1.29 is 9.90 Å². The van der Waals surface area contributed by atoms with Crippen LogP contribution in [0.5, 0.6) is 0 Å². The zero-order valence-corrected chi connectivity index (χ0v) is 11.9. The average molecular weight is 273 g/mol. The van der Waals surface area contributed by atoms with E-state index < -0.39 is 12.0 Å². The Hall–Kier alpha value is -2.14. The summed E-state index contributed by atoms with van der Waals surface area (Å²) < 4.78 is 0. The maximum Gasteiger partial charge on any atom is 0.325 e. The van der Waals surface area contributed by atoms with Gasteiger partial charge in [0.2, 0.25) is 0 Å². The molecule has 2 rings (SSSR count). The summed E-state index contributed by atoms with van der Waals surface area (Å²) in [5, 5.41) is 19.3. The minimum atomic E-state index is -0.875. The van der Waals surface area contributed by atoms with Gasteiger partial charge in [0.15, 0.2) is 0 Å². The van der Waals surface area contributed by atoms with E-state index in [1.807, 2.05) is 39.0 Å². The highest BCUT2D eigenvalue weighted by atomic mass is 16.4. The Morgan fingerprint density at radius 3 is 2.75 bits per heavy atom. The molecule has 20 heavy (non-hydrogen) atoms. The summed E-state index contributed by atoms with van der Waals surface area (Å²) in [5.41, 5.74) is 4.83. The zero-order valence-electron chi connectivity index (χ0n) is 11.9. The van der Waals surface area contributed by atoms with Crippen molar-refractivity contribution in [1.82, 2.24) is 15.5 Å². The summed E-state index contributed by atoms with van der Waals surface area (Å²) in [7, 11) is 0. The maximum absolute atomic E-state index is 11.5. The second-order valence-corrected chi connectivity index (χ2v) is 4.96. The molecule has 0 aliphatic rings. The number of rotatable bonds is 5. The van der Waals surface area contributed by atoms with Gasteiger partial charge in [0.25, 0.3) is 0 Å². The number of H-pyrrole nitrogens is 1. The summed E-state index contributed by atoms with van der Waals surface area (Å²) in [6.07, 6.45) is 1.71. The molecule has 0 bridgehead atoms. The van der Waals surface area contributed by atoms with Gasteiger partial charge in [0.05, 0.1) is 6.20 Å². The van der Waals surface area contributed by atoms with E-state index in [0.717, 1.165) is 27.9 Å². The monoisotopic (exact) mass is 273 g/mol. The Morgan fingerprint density at radius 2 is 2.15 bits per heavy atom. The SMILES string of the molecule is Cc1cccc(C(NCc2cn[nH]c2C)C(=O)O)c1C. The molecule has 2 aromatic rings.